The average Bonchev–Trinajstić information content (AvgIpc) is 3.00. The molecule has 0 aliphatic rings. The second-order valence-electron chi connectivity index (χ2n) is 10.3. The topological polar surface area (TPSA) is 230 Å². The van der Waals surface area contributed by atoms with Gasteiger partial charge >= 0.3 is 18.1 Å². The number of ether oxygens (including phenoxy) is 1. The molecule has 0 fully saturated rings. The fourth-order valence-electron chi connectivity index (χ4n) is 4.01. The van der Waals surface area contributed by atoms with Gasteiger partial charge in [0.1, 0.15) is 12.6 Å². The summed E-state index contributed by atoms with van der Waals surface area (Å²) in [6.45, 7) is 3.90. The first-order chi connectivity index (χ1) is 21.5. The summed E-state index contributed by atoms with van der Waals surface area (Å²) in [7, 11) is 0. The molecule has 2 aromatic carbocycles. The van der Waals surface area contributed by atoms with Crippen molar-refractivity contribution < 1.29 is 38.6 Å². The number of hydrogen-bond donors (Lipinski definition) is 8. The monoisotopic (exact) mass is 627 g/mol. The van der Waals surface area contributed by atoms with E-state index in [1.165, 1.54) is 24.3 Å². The number of anilines is 1. The Balaban J connectivity index is 1.86. The second kappa shape index (κ2) is 19.2. The number of carbonyl (C=O) groups excluding carboxylic acids is 5. The molecule has 45 heavy (non-hydrogen) atoms. The molecule has 2 atom stereocenters. The van der Waals surface area contributed by atoms with Crippen LogP contribution >= 0.6 is 0 Å². The van der Waals surface area contributed by atoms with Crippen molar-refractivity contribution in [1.82, 2.24) is 26.6 Å². The first-order valence-corrected chi connectivity index (χ1v) is 14.4. The lowest BCUT2D eigenvalue weighted by Crippen LogP contribution is -2.55. The smallest absolute Gasteiger partial charge is 0.407 e. The van der Waals surface area contributed by atoms with Gasteiger partial charge in [-0.05, 0) is 48.6 Å². The summed E-state index contributed by atoms with van der Waals surface area (Å²) in [5, 5.41) is 24.9. The molecule has 2 rings (SSSR count). The number of amides is 6. The van der Waals surface area contributed by atoms with Gasteiger partial charge in [0.05, 0.1) is 18.2 Å². The number of rotatable bonds is 18. The largest absolute Gasteiger partial charge is 0.478 e. The van der Waals surface area contributed by atoms with E-state index in [0.717, 1.165) is 5.56 Å². The van der Waals surface area contributed by atoms with E-state index < -0.39 is 47.9 Å². The standard InChI is InChI=1S/C30H41N7O8/c1-19(2)25(35-17-24(38)32-15-16-34-30(44)45-18-20-7-4-3-5-8-20)27(40)37-23(9-6-14-33-29(31)43)26(39)36-22-12-10-21(11-13-22)28(41)42/h3-5,7-8,10-13,19,23,25,35H,6,9,14-18H2,1-2H3,(H,32,38)(H,34,44)(H,36,39)(H,37,40)(H,41,42)(H3,31,33,43)/t23-,25-/m0/s1. The minimum Gasteiger partial charge on any atom is -0.478 e. The van der Waals surface area contributed by atoms with Crippen LogP contribution < -0.4 is 37.6 Å². The van der Waals surface area contributed by atoms with Crippen LogP contribution in [0.4, 0.5) is 15.3 Å². The number of nitrogens with one attached hydrogen (secondary N) is 6. The van der Waals surface area contributed by atoms with E-state index in [-0.39, 0.29) is 50.7 Å². The van der Waals surface area contributed by atoms with Gasteiger partial charge in [-0.15, -0.1) is 0 Å². The van der Waals surface area contributed by atoms with Crippen LogP contribution in [-0.2, 0) is 25.7 Å². The third-order valence-corrected chi connectivity index (χ3v) is 6.36. The number of nitrogens with two attached hydrogens (primary N) is 1. The molecule has 9 N–H and O–H groups in total. The lowest BCUT2D eigenvalue weighted by molar-refractivity contribution is -0.129. The number of hydrogen-bond acceptors (Lipinski definition) is 8. The van der Waals surface area contributed by atoms with E-state index in [9.17, 15) is 28.8 Å². The Labute approximate surface area is 261 Å². The predicted octanol–water partition coefficient (Wildman–Crippen LogP) is 0.913. The van der Waals surface area contributed by atoms with Crippen molar-refractivity contribution in [3.8, 4) is 0 Å². The lowest BCUT2D eigenvalue weighted by Gasteiger charge is -2.25. The molecule has 0 aliphatic carbocycles. The van der Waals surface area contributed by atoms with Gasteiger partial charge in [-0.3, -0.25) is 19.7 Å². The Morgan fingerprint density at radius 3 is 2.13 bits per heavy atom. The number of primary amides is 1. The molecule has 0 aliphatic heterocycles. The fraction of sp³-hybridized carbons (Fsp3) is 0.400. The zero-order valence-electron chi connectivity index (χ0n) is 25.3. The molecular formula is C30H41N7O8. The maximum Gasteiger partial charge on any atom is 0.407 e. The molecule has 0 unspecified atom stereocenters. The number of benzene rings is 2. The number of aromatic carboxylic acids is 1. The van der Waals surface area contributed by atoms with Crippen molar-refractivity contribution in [3.05, 3.63) is 65.7 Å². The highest BCUT2D eigenvalue weighted by Crippen LogP contribution is 2.12. The van der Waals surface area contributed by atoms with Crippen molar-refractivity contribution in [2.24, 2.45) is 11.7 Å². The van der Waals surface area contributed by atoms with Gasteiger partial charge in [0.2, 0.25) is 17.7 Å². The first kappa shape index (κ1) is 36.0. The van der Waals surface area contributed by atoms with Crippen LogP contribution in [0.2, 0.25) is 0 Å². The number of urea groups is 1. The summed E-state index contributed by atoms with van der Waals surface area (Å²) in [5.41, 5.74) is 6.31. The zero-order valence-corrected chi connectivity index (χ0v) is 25.3. The van der Waals surface area contributed by atoms with E-state index in [1.807, 2.05) is 30.3 Å². The van der Waals surface area contributed by atoms with Crippen LogP contribution in [-0.4, -0.2) is 79.2 Å². The lowest BCUT2D eigenvalue weighted by atomic mass is 10.0. The van der Waals surface area contributed by atoms with Gasteiger partial charge < -0.3 is 42.2 Å². The summed E-state index contributed by atoms with van der Waals surface area (Å²) in [4.78, 5) is 72.6. The van der Waals surface area contributed by atoms with Crippen LogP contribution in [0, 0.1) is 5.92 Å². The van der Waals surface area contributed by atoms with Crippen LogP contribution in [0.25, 0.3) is 0 Å². The number of carbonyl (C=O) groups is 6. The summed E-state index contributed by atoms with van der Waals surface area (Å²) < 4.78 is 5.11. The molecule has 0 saturated heterocycles. The van der Waals surface area contributed by atoms with Crippen LogP contribution in [0.3, 0.4) is 0 Å². The minimum atomic E-state index is -1.11. The third-order valence-electron chi connectivity index (χ3n) is 6.36. The highest BCUT2D eigenvalue weighted by Gasteiger charge is 2.28. The Bertz CT molecular complexity index is 1290. The third kappa shape index (κ3) is 14.2. The summed E-state index contributed by atoms with van der Waals surface area (Å²) in [6.07, 6.45) is -0.157. The molecule has 0 radical (unpaired) electrons. The molecule has 0 saturated carbocycles. The molecule has 0 bridgehead atoms. The molecule has 0 heterocycles. The Kier molecular flexibility index (Phi) is 15.3. The summed E-state index contributed by atoms with van der Waals surface area (Å²) in [6, 6.07) is 12.1. The Morgan fingerprint density at radius 1 is 0.844 bits per heavy atom. The SMILES string of the molecule is CC(C)[C@H](NCC(=O)NCCNC(=O)OCc1ccccc1)C(=O)N[C@@H](CCCNC(N)=O)C(=O)Nc1ccc(C(=O)O)cc1. The van der Waals surface area contributed by atoms with Crippen molar-refractivity contribution >= 4 is 41.5 Å². The fourth-order valence-corrected chi connectivity index (χ4v) is 4.01. The van der Waals surface area contributed by atoms with E-state index >= 15 is 0 Å². The van der Waals surface area contributed by atoms with Gasteiger partial charge in [0, 0.05) is 25.3 Å². The molecule has 244 valence electrons. The normalized spacial score (nSPS) is 11.9. The van der Waals surface area contributed by atoms with Crippen molar-refractivity contribution in [1.29, 1.82) is 0 Å². The van der Waals surface area contributed by atoms with Gasteiger partial charge in [0.25, 0.3) is 0 Å². The Hall–Kier alpha value is -5.18. The highest BCUT2D eigenvalue weighted by atomic mass is 16.5. The number of carboxylic acid groups (broad SMARTS) is 1. The molecular weight excluding hydrogens is 586 g/mol. The molecule has 15 heteroatoms. The zero-order chi connectivity index (χ0) is 33.2. The molecule has 2 aromatic rings. The minimum absolute atomic E-state index is 0.0443. The van der Waals surface area contributed by atoms with Gasteiger partial charge in [-0.1, -0.05) is 44.2 Å². The van der Waals surface area contributed by atoms with Gasteiger partial charge in [-0.25, -0.2) is 14.4 Å². The van der Waals surface area contributed by atoms with E-state index in [2.05, 4.69) is 31.9 Å². The van der Waals surface area contributed by atoms with E-state index in [1.54, 1.807) is 13.8 Å². The summed E-state index contributed by atoms with van der Waals surface area (Å²) >= 11 is 0. The van der Waals surface area contributed by atoms with Crippen molar-refractivity contribution in [2.45, 2.75) is 45.4 Å². The average molecular weight is 628 g/mol. The predicted molar refractivity (Wildman–Crippen MR) is 165 cm³/mol. The van der Waals surface area contributed by atoms with Crippen LogP contribution in [0.15, 0.2) is 54.6 Å². The van der Waals surface area contributed by atoms with Crippen LogP contribution in [0.1, 0.15) is 42.6 Å². The van der Waals surface area contributed by atoms with Gasteiger partial charge in [0.15, 0.2) is 0 Å². The molecule has 6 amide bonds. The highest BCUT2D eigenvalue weighted by molar-refractivity contribution is 5.98. The maximum atomic E-state index is 13.2. The van der Waals surface area contributed by atoms with Crippen molar-refractivity contribution in [3.63, 3.8) is 0 Å². The number of alkyl carbamates (subject to hydrolysis) is 1. The molecule has 0 aromatic heterocycles. The number of carboxylic acids is 1. The quantitative estimate of drug-likeness (QED) is 0.110. The van der Waals surface area contributed by atoms with Crippen LogP contribution in [0.5, 0.6) is 0 Å². The summed E-state index contributed by atoms with van der Waals surface area (Å²) in [5.74, 6) is -2.87. The Morgan fingerprint density at radius 2 is 1.51 bits per heavy atom. The molecule has 0 spiro atoms. The maximum absolute atomic E-state index is 13.2. The van der Waals surface area contributed by atoms with Crippen molar-refractivity contribution in [2.75, 3.05) is 31.5 Å². The van der Waals surface area contributed by atoms with E-state index in [4.69, 9.17) is 15.6 Å². The molecule has 15 nitrogen and oxygen atoms in total. The van der Waals surface area contributed by atoms with Gasteiger partial charge in [-0.2, -0.15) is 0 Å². The first-order valence-electron chi connectivity index (χ1n) is 14.4. The van der Waals surface area contributed by atoms with E-state index in [0.29, 0.717) is 12.1 Å². The second-order valence-corrected chi connectivity index (χ2v) is 10.3.